The van der Waals surface area contributed by atoms with E-state index in [1.165, 1.54) is 18.2 Å². The van der Waals surface area contributed by atoms with E-state index >= 15 is 0 Å². The first-order valence-corrected chi connectivity index (χ1v) is 7.04. The van der Waals surface area contributed by atoms with Gasteiger partial charge in [-0.05, 0) is 31.0 Å². The van der Waals surface area contributed by atoms with Crippen molar-refractivity contribution >= 4 is 29.3 Å². The van der Waals surface area contributed by atoms with E-state index in [0.29, 0.717) is 18.1 Å². The van der Waals surface area contributed by atoms with E-state index in [9.17, 15) is 9.59 Å². The summed E-state index contributed by atoms with van der Waals surface area (Å²) in [7, 11) is 0. The molecule has 0 aliphatic carbocycles. The van der Waals surface area contributed by atoms with Crippen molar-refractivity contribution in [3.63, 3.8) is 0 Å². The number of amides is 2. The van der Waals surface area contributed by atoms with E-state index in [-0.39, 0.29) is 17.3 Å². The van der Waals surface area contributed by atoms with Gasteiger partial charge in [0, 0.05) is 18.1 Å². The van der Waals surface area contributed by atoms with Gasteiger partial charge in [-0.25, -0.2) is 9.59 Å². The van der Waals surface area contributed by atoms with Crippen LogP contribution in [-0.2, 0) is 0 Å². The van der Waals surface area contributed by atoms with Crippen molar-refractivity contribution in [1.82, 2.24) is 4.90 Å². The first-order chi connectivity index (χ1) is 9.58. The minimum Gasteiger partial charge on any atom is -0.478 e. The molecule has 0 bridgehead atoms. The van der Waals surface area contributed by atoms with E-state index < -0.39 is 5.97 Å². The zero-order valence-electron chi connectivity index (χ0n) is 11.1. The summed E-state index contributed by atoms with van der Waals surface area (Å²) in [4.78, 5) is 25.0. The number of carbonyl (C=O) groups is 2. The Morgan fingerprint density at radius 2 is 1.80 bits per heavy atom. The zero-order chi connectivity index (χ0) is 14.5. The summed E-state index contributed by atoms with van der Waals surface area (Å²) in [6.07, 6.45) is 4.21. The number of carboxylic acids is 1. The first-order valence-electron chi connectivity index (χ1n) is 6.66. The van der Waals surface area contributed by atoms with Crippen LogP contribution in [0.4, 0.5) is 10.5 Å². The van der Waals surface area contributed by atoms with Crippen LogP contribution in [0.1, 0.15) is 36.0 Å². The molecule has 0 atom stereocenters. The normalized spacial score (nSPS) is 15.6. The number of nitrogens with zero attached hydrogens (tertiary/aromatic N) is 1. The average Bonchev–Trinajstić information content (AvgIpc) is 2.67. The van der Waals surface area contributed by atoms with E-state index in [0.717, 1.165) is 25.7 Å². The monoisotopic (exact) mass is 296 g/mol. The van der Waals surface area contributed by atoms with Crippen LogP contribution in [0.2, 0.25) is 5.02 Å². The van der Waals surface area contributed by atoms with Crippen molar-refractivity contribution in [2.24, 2.45) is 0 Å². The molecule has 20 heavy (non-hydrogen) atoms. The number of urea groups is 1. The highest BCUT2D eigenvalue weighted by molar-refractivity contribution is 6.31. The molecule has 108 valence electrons. The summed E-state index contributed by atoms with van der Waals surface area (Å²) < 4.78 is 0. The van der Waals surface area contributed by atoms with Crippen LogP contribution in [0, 0.1) is 0 Å². The molecule has 2 rings (SSSR count). The van der Waals surface area contributed by atoms with Crippen LogP contribution in [0.3, 0.4) is 0 Å². The Kier molecular flexibility index (Phi) is 4.84. The topological polar surface area (TPSA) is 69.6 Å². The SMILES string of the molecule is O=C(O)c1ccc(Cl)cc1NC(=O)N1CCCCCC1. The van der Waals surface area contributed by atoms with Gasteiger partial charge < -0.3 is 15.3 Å². The maximum absolute atomic E-state index is 12.2. The van der Waals surface area contributed by atoms with Gasteiger partial charge in [0.2, 0.25) is 0 Å². The first kappa shape index (κ1) is 14.7. The second-order valence-corrected chi connectivity index (χ2v) is 5.26. The third kappa shape index (κ3) is 3.63. The minimum atomic E-state index is -1.09. The molecule has 1 fully saturated rings. The molecule has 2 N–H and O–H groups in total. The molecule has 1 aliphatic rings. The average molecular weight is 297 g/mol. The number of aromatic carboxylic acids is 1. The number of carboxylic acid groups (broad SMARTS) is 1. The number of carbonyl (C=O) groups excluding carboxylic acids is 1. The van der Waals surface area contributed by atoms with Crippen molar-refractivity contribution in [3.8, 4) is 0 Å². The van der Waals surface area contributed by atoms with Crippen LogP contribution in [-0.4, -0.2) is 35.1 Å². The number of benzene rings is 1. The van der Waals surface area contributed by atoms with Gasteiger partial charge in [0.05, 0.1) is 11.3 Å². The summed E-state index contributed by atoms with van der Waals surface area (Å²) >= 11 is 5.86. The second kappa shape index (κ2) is 6.61. The number of hydrogen-bond acceptors (Lipinski definition) is 2. The van der Waals surface area contributed by atoms with Gasteiger partial charge in [-0.2, -0.15) is 0 Å². The summed E-state index contributed by atoms with van der Waals surface area (Å²) in [6.45, 7) is 1.41. The Balaban J connectivity index is 2.14. The van der Waals surface area contributed by atoms with Gasteiger partial charge >= 0.3 is 12.0 Å². The van der Waals surface area contributed by atoms with E-state index in [1.807, 2.05) is 0 Å². The zero-order valence-corrected chi connectivity index (χ0v) is 11.8. The van der Waals surface area contributed by atoms with Crippen LogP contribution in [0.5, 0.6) is 0 Å². The highest BCUT2D eigenvalue weighted by Gasteiger charge is 2.18. The molecule has 0 unspecified atom stereocenters. The molecule has 0 aromatic heterocycles. The van der Waals surface area contributed by atoms with Crippen molar-refractivity contribution in [2.45, 2.75) is 25.7 Å². The fraction of sp³-hybridized carbons (Fsp3) is 0.429. The lowest BCUT2D eigenvalue weighted by Crippen LogP contribution is -2.36. The van der Waals surface area contributed by atoms with Crippen molar-refractivity contribution in [2.75, 3.05) is 18.4 Å². The maximum atomic E-state index is 12.2. The van der Waals surface area contributed by atoms with Crippen molar-refractivity contribution < 1.29 is 14.7 Å². The lowest BCUT2D eigenvalue weighted by molar-refractivity contribution is 0.0698. The lowest BCUT2D eigenvalue weighted by atomic mass is 10.2. The quantitative estimate of drug-likeness (QED) is 0.878. The molecule has 1 saturated heterocycles. The molecule has 1 heterocycles. The molecule has 1 aromatic rings. The van der Waals surface area contributed by atoms with Gasteiger partial charge in [-0.3, -0.25) is 0 Å². The Morgan fingerprint density at radius 3 is 2.40 bits per heavy atom. The fourth-order valence-electron chi connectivity index (χ4n) is 2.27. The van der Waals surface area contributed by atoms with Gasteiger partial charge in [0.25, 0.3) is 0 Å². The van der Waals surface area contributed by atoms with Gasteiger partial charge in [-0.15, -0.1) is 0 Å². The molecule has 0 spiro atoms. The predicted octanol–water partition coefficient (Wildman–Crippen LogP) is 3.45. The molecule has 0 radical (unpaired) electrons. The fourth-order valence-corrected chi connectivity index (χ4v) is 2.45. The second-order valence-electron chi connectivity index (χ2n) is 4.83. The Hall–Kier alpha value is -1.75. The molecule has 6 heteroatoms. The predicted molar refractivity (Wildman–Crippen MR) is 77.5 cm³/mol. The number of anilines is 1. The van der Waals surface area contributed by atoms with Gasteiger partial charge in [0.1, 0.15) is 0 Å². The Bertz CT molecular complexity index is 511. The Morgan fingerprint density at radius 1 is 1.15 bits per heavy atom. The van der Waals surface area contributed by atoms with Crippen LogP contribution >= 0.6 is 11.6 Å². The molecular weight excluding hydrogens is 280 g/mol. The summed E-state index contributed by atoms with van der Waals surface area (Å²) in [5, 5.41) is 12.2. The third-order valence-corrected chi connectivity index (χ3v) is 3.58. The highest BCUT2D eigenvalue weighted by Crippen LogP contribution is 2.22. The van der Waals surface area contributed by atoms with Gasteiger partial charge in [-0.1, -0.05) is 24.4 Å². The number of likely N-dealkylation sites (tertiary alicyclic amines) is 1. The third-order valence-electron chi connectivity index (χ3n) is 3.35. The van der Waals surface area contributed by atoms with E-state index in [2.05, 4.69) is 5.32 Å². The highest BCUT2D eigenvalue weighted by atomic mass is 35.5. The largest absolute Gasteiger partial charge is 0.478 e. The molecule has 0 saturated carbocycles. The number of nitrogens with one attached hydrogen (secondary N) is 1. The maximum Gasteiger partial charge on any atom is 0.337 e. The number of rotatable bonds is 2. The molecule has 1 aliphatic heterocycles. The summed E-state index contributed by atoms with van der Waals surface area (Å²) in [5.74, 6) is -1.09. The lowest BCUT2D eigenvalue weighted by Gasteiger charge is -2.21. The summed E-state index contributed by atoms with van der Waals surface area (Å²) in [6, 6.07) is 4.08. The number of halogens is 1. The summed E-state index contributed by atoms with van der Waals surface area (Å²) in [5.41, 5.74) is 0.275. The standard InChI is InChI=1S/C14H17ClN2O3/c15-10-5-6-11(13(18)19)12(9-10)16-14(20)17-7-3-1-2-4-8-17/h5-6,9H,1-4,7-8H2,(H,16,20)(H,18,19). The molecule has 2 amide bonds. The van der Waals surface area contributed by atoms with Crippen molar-refractivity contribution in [3.05, 3.63) is 28.8 Å². The smallest absolute Gasteiger partial charge is 0.337 e. The van der Waals surface area contributed by atoms with Crippen LogP contribution in [0.25, 0.3) is 0 Å². The van der Waals surface area contributed by atoms with Crippen molar-refractivity contribution in [1.29, 1.82) is 0 Å². The Labute approximate surface area is 122 Å². The molecular formula is C14H17ClN2O3. The van der Waals surface area contributed by atoms with Gasteiger partial charge in [0.15, 0.2) is 0 Å². The van der Waals surface area contributed by atoms with E-state index in [1.54, 1.807) is 4.90 Å². The van der Waals surface area contributed by atoms with E-state index in [4.69, 9.17) is 16.7 Å². The minimum absolute atomic E-state index is 0.0394. The molecule has 1 aromatic carbocycles. The van der Waals surface area contributed by atoms with Crippen LogP contribution in [0.15, 0.2) is 18.2 Å². The number of hydrogen-bond donors (Lipinski definition) is 2. The molecule has 5 nitrogen and oxygen atoms in total. The van der Waals surface area contributed by atoms with Crippen LogP contribution < -0.4 is 5.32 Å².